The highest BCUT2D eigenvalue weighted by Gasteiger charge is 2.50. The number of phenolic OH excluding ortho intramolecular Hbond substituents is 1. The zero-order valence-corrected chi connectivity index (χ0v) is 23.3. The molecule has 3 N–H and O–H groups in total. The van der Waals surface area contributed by atoms with Gasteiger partial charge in [0.25, 0.3) is 0 Å². The molecule has 33 heavy (non-hydrogen) atoms. The van der Waals surface area contributed by atoms with E-state index < -0.39 is 0 Å². The van der Waals surface area contributed by atoms with E-state index in [1.165, 1.54) is 37.7 Å². The van der Waals surface area contributed by atoms with Gasteiger partial charge in [0.05, 0.1) is 15.1 Å². The number of benzene rings is 2. The summed E-state index contributed by atoms with van der Waals surface area (Å²) in [5.41, 5.74) is 11.6. The minimum Gasteiger partial charge on any atom is -0.505 e. The van der Waals surface area contributed by atoms with Gasteiger partial charge in [0.2, 0.25) is 0 Å². The van der Waals surface area contributed by atoms with Crippen LogP contribution in [-0.4, -0.2) is 11.7 Å². The summed E-state index contributed by atoms with van der Waals surface area (Å²) in [5, 5.41) is 9.01. The number of fused-ring (bicyclic) bond motifs is 3. The summed E-state index contributed by atoms with van der Waals surface area (Å²) < 4.78 is 0. The largest absolute Gasteiger partial charge is 0.505 e. The molecule has 182 valence electrons. The van der Waals surface area contributed by atoms with Gasteiger partial charge in [-0.1, -0.05) is 110 Å². The maximum Gasteiger partial charge on any atom is 0.155 e. The lowest BCUT2D eigenvalue weighted by molar-refractivity contribution is 0.0326. The molecule has 2 nitrogen and oxygen atoms in total. The molecule has 0 amide bonds. The Morgan fingerprint density at radius 3 is 2.09 bits per heavy atom. The SMILES string of the molecule is CC(C)c1ccc2c(c1)CC[C@H]1[C@](C)(CN)CCC[C@]21C.Oc1c(Cl)c(Cl)c(Cl)c(Cl)c1Cl. The fraction of sp³-hybridized carbons (Fsp3) is 0.538. The molecular formula is C26H32Cl5NO. The van der Waals surface area contributed by atoms with Crippen LogP contribution in [0.4, 0.5) is 0 Å². The van der Waals surface area contributed by atoms with Crippen molar-refractivity contribution in [3.63, 3.8) is 0 Å². The van der Waals surface area contributed by atoms with Crippen LogP contribution in [0.5, 0.6) is 5.75 Å². The number of hydrogen-bond acceptors (Lipinski definition) is 2. The summed E-state index contributed by atoms with van der Waals surface area (Å²) in [6.07, 6.45) is 6.53. The van der Waals surface area contributed by atoms with Gasteiger partial charge < -0.3 is 10.8 Å². The predicted molar refractivity (Wildman–Crippen MR) is 144 cm³/mol. The number of hydrogen-bond donors (Lipinski definition) is 2. The van der Waals surface area contributed by atoms with Crippen molar-refractivity contribution >= 4 is 58.0 Å². The van der Waals surface area contributed by atoms with E-state index in [1.54, 1.807) is 11.1 Å². The first-order valence-electron chi connectivity index (χ1n) is 11.4. The maximum atomic E-state index is 9.20. The van der Waals surface area contributed by atoms with Crippen LogP contribution in [-0.2, 0) is 11.8 Å². The lowest BCUT2D eigenvalue weighted by atomic mass is 9.50. The zero-order chi connectivity index (χ0) is 24.7. The third-order valence-corrected chi connectivity index (χ3v) is 10.1. The van der Waals surface area contributed by atoms with Crippen molar-refractivity contribution in [2.75, 3.05) is 6.54 Å². The molecule has 0 bridgehead atoms. The van der Waals surface area contributed by atoms with Crippen molar-refractivity contribution in [1.29, 1.82) is 0 Å². The third kappa shape index (κ3) is 4.99. The Morgan fingerprint density at radius 1 is 0.970 bits per heavy atom. The van der Waals surface area contributed by atoms with Crippen molar-refractivity contribution in [2.24, 2.45) is 17.1 Å². The Hall–Kier alpha value is -0.350. The fourth-order valence-corrected chi connectivity index (χ4v) is 6.97. The average Bonchev–Trinajstić information content (AvgIpc) is 2.80. The minimum absolute atomic E-state index is 0.00904. The van der Waals surface area contributed by atoms with Crippen molar-refractivity contribution in [3.05, 3.63) is 60.0 Å². The van der Waals surface area contributed by atoms with E-state index in [2.05, 4.69) is 45.9 Å². The highest BCUT2D eigenvalue weighted by Crippen LogP contribution is 2.57. The minimum atomic E-state index is -0.363. The van der Waals surface area contributed by atoms with Gasteiger partial charge in [0.1, 0.15) is 10.0 Å². The first-order valence-corrected chi connectivity index (χ1v) is 13.3. The molecule has 0 aliphatic heterocycles. The van der Waals surface area contributed by atoms with Gasteiger partial charge in [-0.2, -0.15) is 0 Å². The van der Waals surface area contributed by atoms with Crippen LogP contribution >= 0.6 is 58.0 Å². The molecule has 0 radical (unpaired) electrons. The van der Waals surface area contributed by atoms with Gasteiger partial charge in [-0.15, -0.1) is 0 Å². The molecule has 1 saturated carbocycles. The van der Waals surface area contributed by atoms with Crippen LogP contribution in [0.1, 0.15) is 76.0 Å². The van der Waals surface area contributed by atoms with E-state index in [0.29, 0.717) is 16.7 Å². The normalized spacial score (nSPS) is 26.3. The van der Waals surface area contributed by atoms with Crippen LogP contribution in [0.15, 0.2) is 18.2 Å². The Kier molecular flexibility index (Phi) is 8.53. The molecule has 0 heterocycles. The topological polar surface area (TPSA) is 46.2 Å². The molecule has 7 heteroatoms. The van der Waals surface area contributed by atoms with E-state index in [-0.39, 0.29) is 30.9 Å². The van der Waals surface area contributed by atoms with Crippen molar-refractivity contribution < 1.29 is 5.11 Å². The van der Waals surface area contributed by atoms with E-state index >= 15 is 0 Å². The highest BCUT2D eigenvalue weighted by molar-refractivity contribution is 6.55. The van der Waals surface area contributed by atoms with E-state index in [9.17, 15) is 5.11 Å². The number of phenols is 1. The number of nitrogens with two attached hydrogens (primary N) is 1. The van der Waals surface area contributed by atoms with Crippen molar-refractivity contribution in [1.82, 2.24) is 0 Å². The van der Waals surface area contributed by atoms with Crippen LogP contribution in [0.25, 0.3) is 0 Å². The van der Waals surface area contributed by atoms with Gasteiger partial charge in [-0.25, -0.2) is 0 Å². The average molecular weight is 552 g/mol. The van der Waals surface area contributed by atoms with E-state index in [0.717, 1.165) is 12.5 Å². The molecule has 3 atom stereocenters. The molecule has 0 aromatic heterocycles. The van der Waals surface area contributed by atoms with Crippen LogP contribution in [0.2, 0.25) is 25.1 Å². The van der Waals surface area contributed by atoms with Crippen molar-refractivity contribution in [3.8, 4) is 5.75 Å². The molecular weight excluding hydrogens is 520 g/mol. The van der Waals surface area contributed by atoms with Crippen LogP contribution in [0, 0.1) is 11.3 Å². The summed E-state index contributed by atoms with van der Waals surface area (Å²) >= 11 is 27.9. The Labute approximate surface area is 222 Å². The summed E-state index contributed by atoms with van der Waals surface area (Å²) in [5.74, 6) is 1.01. The zero-order valence-electron chi connectivity index (χ0n) is 19.5. The number of aromatic hydroxyl groups is 1. The van der Waals surface area contributed by atoms with Crippen LogP contribution < -0.4 is 5.73 Å². The Bertz CT molecular complexity index is 935. The third-order valence-electron chi connectivity index (χ3n) is 7.82. The maximum absolute atomic E-state index is 9.20. The quantitative estimate of drug-likeness (QED) is 0.288. The van der Waals surface area contributed by atoms with Gasteiger partial charge in [-0.3, -0.25) is 0 Å². The first kappa shape index (κ1) is 27.2. The summed E-state index contributed by atoms with van der Waals surface area (Å²) in [7, 11) is 0. The van der Waals surface area contributed by atoms with Gasteiger partial charge in [-0.05, 0) is 71.6 Å². The van der Waals surface area contributed by atoms with Crippen LogP contribution in [0.3, 0.4) is 0 Å². The fourth-order valence-electron chi connectivity index (χ4n) is 5.84. The second kappa shape index (κ2) is 10.3. The van der Waals surface area contributed by atoms with Gasteiger partial charge >= 0.3 is 0 Å². The lowest BCUT2D eigenvalue weighted by Gasteiger charge is -2.55. The second-order valence-corrected chi connectivity index (χ2v) is 12.1. The Morgan fingerprint density at radius 2 is 1.55 bits per heavy atom. The standard InChI is InChI=1S/C20H31N.C6HCl5O/c1-14(2)15-6-8-17-16(12-15)7-9-18-19(3,13-21)10-5-11-20(17,18)4;7-1-2(8)4(10)6(12)5(11)3(1)9/h6,8,12,14,18H,5,7,9-11,13,21H2,1-4H3;12H/t18-,19-,20+;/m0./s1. The summed E-state index contributed by atoms with van der Waals surface area (Å²) in [6.45, 7) is 10.4. The van der Waals surface area contributed by atoms with E-state index in [4.69, 9.17) is 63.7 Å². The molecule has 0 spiro atoms. The smallest absolute Gasteiger partial charge is 0.155 e. The lowest BCUT2D eigenvalue weighted by Crippen LogP contribution is -2.51. The molecule has 1 fully saturated rings. The number of rotatable bonds is 2. The van der Waals surface area contributed by atoms with Crippen molar-refractivity contribution in [2.45, 2.75) is 71.1 Å². The van der Waals surface area contributed by atoms with E-state index in [1.807, 2.05) is 0 Å². The second-order valence-electron chi connectivity index (χ2n) is 10.2. The Balaban J connectivity index is 0.000000218. The molecule has 2 aliphatic carbocycles. The molecule has 2 aromatic carbocycles. The van der Waals surface area contributed by atoms with Gasteiger partial charge in [0, 0.05) is 0 Å². The highest BCUT2D eigenvalue weighted by atomic mass is 35.5. The molecule has 2 aliphatic rings. The molecule has 0 saturated heterocycles. The van der Waals surface area contributed by atoms with Gasteiger partial charge in [0.15, 0.2) is 5.75 Å². The molecule has 4 rings (SSSR count). The molecule has 0 unspecified atom stereocenters. The summed E-state index contributed by atoms with van der Waals surface area (Å²) in [6, 6.07) is 7.29. The number of aryl methyl sites for hydroxylation is 1. The summed E-state index contributed by atoms with van der Waals surface area (Å²) in [4.78, 5) is 0. The number of halogens is 5. The first-order chi connectivity index (χ1) is 15.4. The molecule has 2 aromatic rings. The monoisotopic (exact) mass is 549 g/mol. The predicted octanol–water partition coefficient (Wildman–Crippen LogP) is 9.44.